The van der Waals surface area contributed by atoms with E-state index in [2.05, 4.69) is 0 Å². The number of rotatable bonds is 3. The molecule has 0 aromatic carbocycles. The molecule has 0 heterocycles. The molecule has 0 fully saturated rings. The van der Waals surface area contributed by atoms with Gasteiger partial charge in [0, 0.05) is 5.92 Å². The number of aliphatic hydroxyl groups excluding tert-OH is 2. The highest BCUT2D eigenvalue weighted by molar-refractivity contribution is 5.72. The van der Waals surface area contributed by atoms with Gasteiger partial charge in [-0.25, -0.2) is 4.79 Å². The van der Waals surface area contributed by atoms with Gasteiger partial charge >= 0.3 is 5.97 Å². The highest BCUT2D eigenvalue weighted by Crippen LogP contribution is 2.07. The Hall–Kier alpha value is -0.610. The first-order valence-corrected chi connectivity index (χ1v) is 3.05. The van der Waals surface area contributed by atoms with E-state index in [1.54, 1.807) is 0 Å². The molecule has 0 bridgehead atoms. The minimum atomic E-state index is -1.47. The highest BCUT2D eigenvalue weighted by Gasteiger charge is 2.24. The summed E-state index contributed by atoms with van der Waals surface area (Å²) in [7, 11) is 0. The lowest BCUT2D eigenvalue weighted by atomic mass is 10.00. The van der Waals surface area contributed by atoms with Gasteiger partial charge in [0.2, 0.25) is 0 Å². The molecule has 1 unspecified atom stereocenters. The van der Waals surface area contributed by atoms with E-state index in [9.17, 15) is 4.79 Å². The molecule has 3 N–H and O–H groups in total. The summed E-state index contributed by atoms with van der Waals surface area (Å²) in [6.45, 7) is 2.92. The van der Waals surface area contributed by atoms with E-state index in [0.717, 1.165) is 0 Å². The molecule has 0 aromatic heterocycles. The summed E-state index contributed by atoms with van der Waals surface area (Å²) in [6, 6.07) is 0. The third kappa shape index (κ3) is 2.33. The van der Waals surface area contributed by atoms with Crippen LogP contribution in [0.2, 0.25) is 0 Å². The minimum absolute atomic E-state index is 0.627. The topological polar surface area (TPSA) is 77.8 Å². The average Bonchev–Trinajstić information content (AvgIpc) is 1.84. The van der Waals surface area contributed by atoms with Crippen LogP contribution in [0.1, 0.15) is 13.8 Å². The van der Waals surface area contributed by atoms with Crippen molar-refractivity contribution in [3.05, 3.63) is 0 Å². The zero-order valence-electron chi connectivity index (χ0n) is 5.98. The Morgan fingerprint density at radius 2 is 1.70 bits per heavy atom. The van der Waals surface area contributed by atoms with Gasteiger partial charge in [0.25, 0.3) is 0 Å². The molecule has 3 atom stereocenters. The van der Waals surface area contributed by atoms with E-state index in [0.29, 0.717) is 0 Å². The molecule has 0 saturated carbocycles. The molecule has 4 heteroatoms. The third-order valence-electron chi connectivity index (χ3n) is 1.51. The monoisotopic (exact) mass is 148 g/mol. The SMILES string of the molecule is CC(O)[C@@H](C)[C@@H](O)C(=O)O. The first kappa shape index (κ1) is 9.39. The first-order valence-electron chi connectivity index (χ1n) is 3.05. The van der Waals surface area contributed by atoms with Crippen LogP contribution in [0.3, 0.4) is 0 Å². The van der Waals surface area contributed by atoms with Gasteiger partial charge in [-0.2, -0.15) is 0 Å². The van der Waals surface area contributed by atoms with Crippen molar-refractivity contribution in [3.63, 3.8) is 0 Å². The number of hydrogen-bond acceptors (Lipinski definition) is 3. The van der Waals surface area contributed by atoms with Gasteiger partial charge in [0.05, 0.1) is 6.10 Å². The van der Waals surface area contributed by atoms with Crippen molar-refractivity contribution in [2.75, 3.05) is 0 Å². The van der Waals surface area contributed by atoms with Crippen LogP contribution < -0.4 is 0 Å². The Balaban J connectivity index is 3.94. The summed E-state index contributed by atoms with van der Waals surface area (Å²) in [5, 5.41) is 25.9. The van der Waals surface area contributed by atoms with Crippen LogP contribution in [-0.2, 0) is 4.79 Å². The molecule has 10 heavy (non-hydrogen) atoms. The molecular weight excluding hydrogens is 136 g/mol. The predicted octanol–water partition coefficient (Wildman–Crippen LogP) is -0.551. The van der Waals surface area contributed by atoms with Crippen molar-refractivity contribution < 1.29 is 20.1 Å². The Bertz CT molecular complexity index is 121. The van der Waals surface area contributed by atoms with Gasteiger partial charge in [-0.3, -0.25) is 0 Å². The Labute approximate surface area is 59.1 Å². The maximum absolute atomic E-state index is 10.1. The number of hydrogen-bond donors (Lipinski definition) is 3. The van der Waals surface area contributed by atoms with Crippen LogP contribution in [0.4, 0.5) is 0 Å². The Morgan fingerprint density at radius 3 is 1.80 bits per heavy atom. The fourth-order valence-electron chi connectivity index (χ4n) is 0.489. The fraction of sp³-hybridized carbons (Fsp3) is 0.833. The summed E-state index contributed by atoms with van der Waals surface area (Å²) in [5.74, 6) is -1.93. The standard InChI is InChI=1S/C6H12O4/c1-3(4(2)7)5(8)6(9)10/h3-5,7-8H,1-2H3,(H,9,10)/t3-,4?,5-/m1/s1. The summed E-state index contributed by atoms with van der Waals surface area (Å²) >= 11 is 0. The van der Waals surface area contributed by atoms with Gasteiger partial charge < -0.3 is 15.3 Å². The van der Waals surface area contributed by atoms with Crippen LogP contribution in [-0.4, -0.2) is 33.5 Å². The number of carbonyl (C=O) groups is 1. The zero-order chi connectivity index (χ0) is 8.31. The fourth-order valence-corrected chi connectivity index (χ4v) is 0.489. The predicted molar refractivity (Wildman–Crippen MR) is 34.5 cm³/mol. The van der Waals surface area contributed by atoms with Crippen LogP contribution >= 0.6 is 0 Å². The van der Waals surface area contributed by atoms with E-state index >= 15 is 0 Å². The van der Waals surface area contributed by atoms with Crippen LogP contribution in [0.15, 0.2) is 0 Å². The van der Waals surface area contributed by atoms with Crippen molar-refractivity contribution in [3.8, 4) is 0 Å². The van der Waals surface area contributed by atoms with Crippen molar-refractivity contribution in [1.82, 2.24) is 0 Å². The molecule has 0 amide bonds. The second-order valence-corrected chi connectivity index (χ2v) is 2.38. The Morgan fingerprint density at radius 1 is 1.30 bits per heavy atom. The van der Waals surface area contributed by atoms with Crippen LogP contribution in [0.5, 0.6) is 0 Å². The van der Waals surface area contributed by atoms with Crippen molar-refractivity contribution in [2.24, 2.45) is 5.92 Å². The van der Waals surface area contributed by atoms with Gasteiger partial charge in [-0.15, -0.1) is 0 Å². The molecule has 60 valence electrons. The smallest absolute Gasteiger partial charge is 0.332 e. The lowest BCUT2D eigenvalue weighted by molar-refractivity contribution is -0.151. The van der Waals surface area contributed by atoms with E-state index in [4.69, 9.17) is 15.3 Å². The largest absolute Gasteiger partial charge is 0.479 e. The highest BCUT2D eigenvalue weighted by atomic mass is 16.4. The summed E-state index contributed by atoms with van der Waals surface area (Å²) in [5.41, 5.74) is 0. The van der Waals surface area contributed by atoms with Gasteiger partial charge in [-0.05, 0) is 6.92 Å². The molecule has 4 nitrogen and oxygen atoms in total. The molecule has 0 spiro atoms. The molecule has 0 aliphatic rings. The van der Waals surface area contributed by atoms with E-state index in [-0.39, 0.29) is 0 Å². The molecule has 0 rings (SSSR count). The third-order valence-corrected chi connectivity index (χ3v) is 1.51. The lowest BCUT2D eigenvalue weighted by Gasteiger charge is -2.16. The maximum Gasteiger partial charge on any atom is 0.332 e. The van der Waals surface area contributed by atoms with Gasteiger partial charge in [0.15, 0.2) is 6.10 Å². The first-order chi connectivity index (χ1) is 4.46. The van der Waals surface area contributed by atoms with Crippen molar-refractivity contribution in [2.45, 2.75) is 26.1 Å². The summed E-state index contributed by atoms with van der Waals surface area (Å²) < 4.78 is 0. The van der Waals surface area contributed by atoms with Crippen molar-refractivity contribution >= 4 is 5.97 Å². The number of carboxylic acids is 1. The normalized spacial score (nSPS) is 19.6. The second-order valence-electron chi connectivity index (χ2n) is 2.38. The van der Waals surface area contributed by atoms with E-state index in [1.165, 1.54) is 13.8 Å². The summed E-state index contributed by atoms with van der Waals surface area (Å²) in [4.78, 5) is 10.1. The van der Waals surface area contributed by atoms with Gasteiger partial charge in [0.1, 0.15) is 0 Å². The van der Waals surface area contributed by atoms with Crippen LogP contribution in [0, 0.1) is 5.92 Å². The Kier molecular flexibility index (Phi) is 3.32. The minimum Gasteiger partial charge on any atom is -0.479 e. The van der Waals surface area contributed by atoms with Crippen LogP contribution in [0.25, 0.3) is 0 Å². The molecule has 0 aliphatic carbocycles. The number of aliphatic carboxylic acids is 1. The number of carboxylic acid groups (broad SMARTS) is 1. The molecule has 0 aliphatic heterocycles. The summed E-state index contributed by atoms with van der Waals surface area (Å²) in [6.07, 6.45) is -2.27. The zero-order valence-corrected chi connectivity index (χ0v) is 5.98. The van der Waals surface area contributed by atoms with E-state index in [1.807, 2.05) is 0 Å². The molecule has 0 saturated heterocycles. The average molecular weight is 148 g/mol. The van der Waals surface area contributed by atoms with Gasteiger partial charge in [-0.1, -0.05) is 6.92 Å². The quantitative estimate of drug-likeness (QED) is 0.501. The molecular formula is C6H12O4. The maximum atomic E-state index is 10.1. The van der Waals surface area contributed by atoms with E-state index < -0.39 is 24.1 Å². The lowest BCUT2D eigenvalue weighted by Crippen LogP contribution is -2.33. The molecule has 0 radical (unpaired) electrons. The van der Waals surface area contributed by atoms with Crippen molar-refractivity contribution in [1.29, 1.82) is 0 Å². The molecule has 0 aromatic rings. The number of aliphatic hydroxyl groups is 2. The second kappa shape index (κ2) is 3.53.